The van der Waals surface area contributed by atoms with Crippen LogP contribution < -0.4 is 10.5 Å². The maximum atomic E-state index is 12.5. The van der Waals surface area contributed by atoms with Gasteiger partial charge in [0.1, 0.15) is 11.5 Å². The normalized spacial score (nSPS) is 11.4. The summed E-state index contributed by atoms with van der Waals surface area (Å²) in [6.07, 6.45) is -1.95. The number of ether oxygens (including phenoxy) is 1. The monoisotopic (exact) mass is 275 g/mol. The zero-order valence-corrected chi connectivity index (χ0v) is 10.5. The van der Waals surface area contributed by atoms with Crippen LogP contribution in [-0.2, 0) is 6.18 Å². The van der Waals surface area contributed by atoms with Gasteiger partial charge in [0, 0.05) is 0 Å². The number of unbranched alkanes of at least 4 members (excludes halogenated alkanes) is 2. The number of halogens is 3. The van der Waals surface area contributed by atoms with Gasteiger partial charge in [0.2, 0.25) is 5.88 Å². The summed E-state index contributed by atoms with van der Waals surface area (Å²) in [7, 11) is 0. The molecule has 0 atom stereocenters. The molecule has 19 heavy (non-hydrogen) atoms. The molecule has 0 radical (unpaired) electrons. The Kier molecular flexibility index (Phi) is 5.14. The summed E-state index contributed by atoms with van der Waals surface area (Å²) < 4.78 is 42.8. The molecule has 0 amide bonds. The fourth-order valence-electron chi connectivity index (χ4n) is 1.43. The van der Waals surface area contributed by atoms with E-state index in [-0.39, 0.29) is 23.9 Å². The van der Waals surface area contributed by atoms with E-state index in [9.17, 15) is 13.2 Å². The van der Waals surface area contributed by atoms with E-state index in [0.717, 1.165) is 25.0 Å². The lowest BCUT2D eigenvalue weighted by atomic mass is 10.2. The Bertz CT molecular complexity index is 446. The average molecular weight is 275 g/mol. The van der Waals surface area contributed by atoms with Crippen LogP contribution in [0.3, 0.4) is 0 Å². The van der Waals surface area contributed by atoms with E-state index in [1.165, 1.54) is 0 Å². The van der Waals surface area contributed by atoms with Crippen molar-refractivity contribution in [1.29, 1.82) is 5.41 Å². The minimum Gasteiger partial charge on any atom is -0.477 e. The van der Waals surface area contributed by atoms with Gasteiger partial charge in [-0.1, -0.05) is 19.8 Å². The van der Waals surface area contributed by atoms with E-state index in [0.29, 0.717) is 6.42 Å². The first-order valence-corrected chi connectivity index (χ1v) is 5.91. The number of rotatable bonds is 6. The summed E-state index contributed by atoms with van der Waals surface area (Å²) >= 11 is 0. The van der Waals surface area contributed by atoms with Crippen LogP contribution in [0.15, 0.2) is 12.1 Å². The first kappa shape index (κ1) is 15.3. The Morgan fingerprint density at radius 1 is 1.37 bits per heavy atom. The van der Waals surface area contributed by atoms with Gasteiger partial charge in [-0.25, -0.2) is 4.98 Å². The molecular weight excluding hydrogens is 259 g/mol. The van der Waals surface area contributed by atoms with Gasteiger partial charge >= 0.3 is 6.18 Å². The number of nitrogens with one attached hydrogen (secondary N) is 1. The Hall–Kier alpha value is -1.79. The molecule has 0 aliphatic rings. The summed E-state index contributed by atoms with van der Waals surface area (Å²) in [6.45, 7) is 2.26. The van der Waals surface area contributed by atoms with Gasteiger partial charge < -0.3 is 10.5 Å². The highest BCUT2D eigenvalue weighted by atomic mass is 19.4. The fourth-order valence-corrected chi connectivity index (χ4v) is 1.43. The van der Waals surface area contributed by atoms with Crippen LogP contribution in [0, 0.1) is 5.41 Å². The topological polar surface area (TPSA) is 72.0 Å². The van der Waals surface area contributed by atoms with Gasteiger partial charge in [0.05, 0.1) is 12.2 Å². The molecule has 1 rings (SSSR count). The Morgan fingerprint density at radius 3 is 2.58 bits per heavy atom. The number of nitrogens with two attached hydrogens (primary N) is 1. The largest absolute Gasteiger partial charge is 0.477 e. The van der Waals surface area contributed by atoms with Gasteiger partial charge in [-0.15, -0.1) is 0 Å². The zero-order valence-electron chi connectivity index (χ0n) is 10.5. The molecule has 1 aromatic rings. The highest BCUT2D eigenvalue weighted by Crippen LogP contribution is 2.30. The lowest BCUT2D eigenvalue weighted by Gasteiger charge is -2.12. The van der Waals surface area contributed by atoms with Crippen molar-refractivity contribution in [1.82, 2.24) is 4.98 Å². The van der Waals surface area contributed by atoms with Crippen molar-refractivity contribution < 1.29 is 17.9 Å². The number of pyridine rings is 1. The Balaban J connectivity index is 2.93. The standard InChI is InChI=1S/C12H16F3N3O/c1-2-3-4-7-19-11-8(10(16)17)5-6-9(18-11)12(13,14)15/h5-6H,2-4,7H2,1H3,(H3,16,17). The van der Waals surface area contributed by atoms with Crippen LogP contribution in [0.5, 0.6) is 5.88 Å². The molecular formula is C12H16F3N3O. The highest BCUT2D eigenvalue weighted by molar-refractivity contribution is 5.97. The van der Waals surface area contributed by atoms with Gasteiger partial charge in [-0.2, -0.15) is 13.2 Å². The quantitative estimate of drug-likeness (QED) is 0.476. The summed E-state index contributed by atoms with van der Waals surface area (Å²) in [4.78, 5) is 3.39. The molecule has 0 unspecified atom stereocenters. The lowest BCUT2D eigenvalue weighted by molar-refractivity contribution is -0.141. The molecule has 106 valence electrons. The first-order valence-electron chi connectivity index (χ1n) is 5.91. The smallest absolute Gasteiger partial charge is 0.433 e. The van der Waals surface area contributed by atoms with E-state index >= 15 is 0 Å². The molecule has 7 heteroatoms. The van der Waals surface area contributed by atoms with Gasteiger partial charge in [0.15, 0.2) is 0 Å². The van der Waals surface area contributed by atoms with Crippen molar-refractivity contribution in [3.63, 3.8) is 0 Å². The maximum Gasteiger partial charge on any atom is 0.433 e. The Labute approximate surface area is 109 Å². The van der Waals surface area contributed by atoms with Gasteiger partial charge in [0.25, 0.3) is 0 Å². The van der Waals surface area contributed by atoms with Crippen molar-refractivity contribution in [3.05, 3.63) is 23.4 Å². The van der Waals surface area contributed by atoms with E-state index in [1.54, 1.807) is 0 Å². The second-order valence-electron chi connectivity index (χ2n) is 4.02. The zero-order chi connectivity index (χ0) is 14.5. The summed E-state index contributed by atoms with van der Waals surface area (Å²) in [5.74, 6) is -0.606. The summed E-state index contributed by atoms with van der Waals surface area (Å²) in [6, 6.07) is 1.89. The van der Waals surface area contributed by atoms with Crippen LogP contribution in [0.1, 0.15) is 37.4 Å². The average Bonchev–Trinajstić information content (AvgIpc) is 2.33. The van der Waals surface area contributed by atoms with Crippen molar-refractivity contribution >= 4 is 5.84 Å². The first-order chi connectivity index (χ1) is 8.86. The molecule has 0 fully saturated rings. The van der Waals surface area contributed by atoms with E-state index in [2.05, 4.69) is 4.98 Å². The number of nitrogens with zero attached hydrogens (tertiary/aromatic N) is 1. The predicted molar refractivity (Wildman–Crippen MR) is 65.3 cm³/mol. The number of hydrogen-bond acceptors (Lipinski definition) is 3. The van der Waals surface area contributed by atoms with E-state index < -0.39 is 11.9 Å². The number of aromatic nitrogens is 1. The molecule has 0 bridgehead atoms. The second kappa shape index (κ2) is 6.40. The molecule has 0 spiro atoms. The van der Waals surface area contributed by atoms with Crippen LogP contribution in [0.2, 0.25) is 0 Å². The minimum absolute atomic E-state index is 0.0736. The van der Waals surface area contributed by atoms with Crippen molar-refractivity contribution in [2.45, 2.75) is 32.4 Å². The van der Waals surface area contributed by atoms with E-state index in [1.807, 2.05) is 6.92 Å². The third-order valence-electron chi connectivity index (χ3n) is 2.43. The minimum atomic E-state index is -4.54. The van der Waals surface area contributed by atoms with E-state index in [4.69, 9.17) is 15.9 Å². The number of nitrogen functional groups attached to an aromatic ring is 1. The van der Waals surface area contributed by atoms with Crippen molar-refractivity contribution in [2.24, 2.45) is 5.73 Å². The molecule has 0 saturated carbocycles. The molecule has 0 aromatic carbocycles. The van der Waals surface area contributed by atoms with Gasteiger partial charge in [-0.05, 0) is 18.6 Å². The van der Waals surface area contributed by atoms with Crippen LogP contribution in [-0.4, -0.2) is 17.4 Å². The number of amidine groups is 1. The molecule has 0 aliphatic heterocycles. The molecule has 3 N–H and O–H groups in total. The second-order valence-corrected chi connectivity index (χ2v) is 4.02. The molecule has 1 aromatic heterocycles. The molecule has 4 nitrogen and oxygen atoms in total. The third kappa shape index (κ3) is 4.42. The third-order valence-corrected chi connectivity index (χ3v) is 2.43. The maximum absolute atomic E-state index is 12.5. The predicted octanol–water partition coefficient (Wildman–Crippen LogP) is 2.95. The number of hydrogen-bond donors (Lipinski definition) is 2. The lowest BCUT2D eigenvalue weighted by Crippen LogP contribution is -2.17. The molecule has 0 aliphatic carbocycles. The number of alkyl halides is 3. The fraction of sp³-hybridized carbons (Fsp3) is 0.500. The van der Waals surface area contributed by atoms with Crippen molar-refractivity contribution in [2.75, 3.05) is 6.61 Å². The summed E-state index contributed by atoms with van der Waals surface area (Å²) in [5.41, 5.74) is 4.31. The summed E-state index contributed by atoms with van der Waals surface area (Å²) in [5, 5.41) is 7.30. The SMILES string of the molecule is CCCCCOc1nc(C(F)(F)F)ccc1C(=N)N. The van der Waals surface area contributed by atoms with Crippen LogP contribution in [0.4, 0.5) is 13.2 Å². The highest BCUT2D eigenvalue weighted by Gasteiger charge is 2.33. The Morgan fingerprint density at radius 2 is 2.05 bits per heavy atom. The van der Waals surface area contributed by atoms with Gasteiger partial charge in [-0.3, -0.25) is 5.41 Å². The molecule has 1 heterocycles. The van der Waals surface area contributed by atoms with Crippen molar-refractivity contribution in [3.8, 4) is 5.88 Å². The van der Waals surface area contributed by atoms with Crippen LogP contribution in [0.25, 0.3) is 0 Å². The molecule has 0 saturated heterocycles. The van der Waals surface area contributed by atoms with Crippen LogP contribution >= 0.6 is 0 Å².